The Bertz CT molecular complexity index is 629. The molecule has 4 heteroatoms. The zero-order chi connectivity index (χ0) is 13.4. The summed E-state index contributed by atoms with van der Waals surface area (Å²) in [5, 5.41) is 3.94. The summed E-state index contributed by atoms with van der Waals surface area (Å²) < 4.78 is 0. The second kappa shape index (κ2) is 4.78. The van der Waals surface area contributed by atoms with E-state index in [2.05, 4.69) is 29.4 Å². The number of carbonyl (C=O) groups excluding carboxylic acids is 1. The molecule has 3 nitrogen and oxygen atoms in total. The van der Waals surface area contributed by atoms with E-state index in [9.17, 15) is 4.79 Å². The van der Waals surface area contributed by atoms with Gasteiger partial charge in [0, 0.05) is 11.6 Å². The molecule has 1 N–H and O–H groups in total. The number of thiazole rings is 1. The van der Waals surface area contributed by atoms with Gasteiger partial charge in [-0.1, -0.05) is 23.8 Å². The summed E-state index contributed by atoms with van der Waals surface area (Å²) in [5.41, 5.74) is 3.10. The SMILES string of the molecule is Cc1cccc(-c2nc(C)c(C(=O)NC3CC3)s2)c1. The van der Waals surface area contributed by atoms with Crippen molar-refractivity contribution in [2.45, 2.75) is 32.7 Å². The number of aromatic nitrogens is 1. The molecule has 1 fully saturated rings. The molecule has 1 heterocycles. The zero-order valence-corrected chi connectivity index (χ0v) is 11.9. The zero-order valence-electron chi connectivity index (χ0n) is 11.1. The number of nitrogens with one attached hydrogen (secondary N) is 1. The lowest BCUT2D eigenvalue weighted by Gasteiger charge is -2.00. The van der Waals surface area contributed by atoms with Gasteiger partial charge >= 0.3 is 0 Å². The molecule has 1 aliphatic rings. The number of carbonyl (C=O) groups is 1. The lowest BCUT2D eigenvalue weighted by molar-refractivity contribution is 0.0954. The smallest absolute Gasteiger partial charge is 0.263 e. The standard InChI is InChI=1S/C15H16N2OS/c1-9-4-3-5-11(8-9)15-16-10(2)13(19-15)14(18)17-12-6-7-12/h3-5,8,12H,6-7H2,1-2H3,(H,17,18). The van der Waals surface area contributed by atoms with Gasteiger partial charge in [-0.25, -0.2) is 4.98 Å². The Balaban J connectivity index is 1.89. The maximum atomic E-state index is 12.1. The number of nitrogens with zero attached hydrogens (tertiary/aromatic N) is 1. The van der Waals surface area contributed by atoms with Crippen molar-refractivity contribution in [1.29, 1.82) is 0 Å². The summed E-state index contributed by atoms with van der Waals surface area (Å²) >= 11 is 1.48. The summed E-state index contributed by atoms with van der Waals surface area (Å²) in [5.74, 6) is 0.0244. The molecule has 1 aromatic heterocycles. The van der Waals surface area contributed by atoms with Crippen LogP contribution in [0.3, 0.4) is 0 Å². The van der Waals surface area contributed by atoms with Gasteiger partial charge in [0.05, 0.1) is 5.69 Å². The first kappa shape index (κ1) is 12.4. The average Bonchev–Trinajstić information content (AvgIpc) is 3.09. The van der Waals surface area contributed by atoms with Crippen LogP contribution in [0.15, 0.2) is 24.3 Å². The molecular weight excluding hydrogens is 256 g/mol. The van der Waals surface area contributed by atoms with Crippen molar-refractivity contribution in [2.75, 3.05) is 0 Å². The average molecular weight is 272 g/mol. The Kier molecular flexibility index (Phi) is 3.11. The fourth-order valence-electron chi connectivity index (χ4n) is 1.99. The van der Waals surface area contributed by atoms with Crippen LogP contribution in [-0.4, -0.2) is 16.9 Å². The van der Waals surface area contributed by atoms with Gasteiger partial charge in [0.25, 0.3) is 5.91 Å². The lowest BCUT2D eigenvalue weighted by Crippen LogP contribution is -2.25. The first-order chi connectivity index (χ1) is 9.13. The van der Waals surface area contributed by atoms with Gasteiger partial charge in [0.2, 0.25) is 0 Å². The van der Waals surface area contributed by atoms with Crippen molar-refractivity contribution in [3.63, 3.8) is 0 Å². The Labute approximate surface area is 116 Å². The molecule has 1 saturated carbocycles. The monoisotopic (exact) mass is 272 g/mol. The van der Waals surface area contributed by atoms with Crippen LogP contribution in [0.1, 0.15) is 33.8 Å². The van der Waals surface area contributed by atoms with Crippen LogP contribution < -0.4 is 5.32 Å². The van der Waals surface area contributed by atoms with Crippen LogP contribution in [0.25, 0.3) is 10.6 Å². The maximum Gasteiger partial charge on any atom is 0.263 e. The minimum atomic E-state index is 0.0244. The second-order valence-corrected chi connectivity index (χ2v) is 6.05. The third-order valence-electron chi connectivity index (χ3n) is 3.18. The van der Waals surface area contributed by atoms with Gasteiger partial charge in [-0.15, -0.1) is 11.3 Å². The van der Waals surface area contributed by atoms with E-state index >= 15 is 0 Å². The van der Waals surface area contributed by atoms with Crippen molar-refractivity contribution < 1.29 is 4.79 Å². The van der Waals surface area contributed by atoms with E-state index in [1.54, 1.807) is 0 Å². The molecule has 0 radical (unpaired) electrons. The molecule has 0 bridgehead atoms. The molecule has 0 unspecified atom stereocenters. The van der Waals surface area contributed by atoms with Crippen molar-refractivity contribution >= 4 is 17.2 Å². The summed E-state index contributed by atoms with van der Waals surface area (Å²) in [6.45, 7) is 3.96. The molecule has 19 heavy (non-hydrogen) atoms. The van der Waals surface area contributed by atoms with E-state index in [0.29, 0.717) is 6.04 Å². The Hall–Kier alpha value is -1.68. The number of hydrogen-bond acceptors (Lipinski definition) is 3. The third-order valence-corrected chi connectivity index (χ3v) is 4.39. The van der Waals surface area contributed by atoms with Gasteiger partial charge in [0.15, 0.2) is 0 Å². The Morgan fingerprint density at radius 3 is 2.84 bits per heavy atom. The fraction of sp³-hybridized carbons (Fsp3) is 0.333. The molecular formula is C15H16N2OS. The van der Waals surface area contributed by atoms with Gasteiger partial charge in [-0.05, 0) is 32.8 Å². The summed E-state index contributed by atoms with van der Waals surface area (Å²) in [6, 6.07) is 8.60. The Morgan fingerprint density at radius 1 is 1.37 bits per heavy atom. The number of aryl methyl sites for hydroxylation is 2. The highest BCUT2D eigenvalue weighted by molar-refractivity contribution is 7.17. The number of amides is 1. The second-order valence-electron chi connectivity index (χ2n) is 5.05. The van der Waals surface area contributed by atoms with Gasteiger partial charge in [-0.3, -0.25) is 4.79 Å². The van der Waals surface area contributed by atoms with E-state index < -0.39 is 0 Å². The number of hydrogen-bond donors (Lipinski definition) is 1. The first-order valence-electron chi connectivity index (χ1n) is 6.49. The van der Waals surface area contributed by atoms with Crippen LogP contribution in [0, 0.1) is 13.8 Å². The van der Waals surface area contributed by atoms with Crippen LogP contribution in [0.2, 0.25) is 0 Å². The first-order valence-corrected chi connectivity index (χ1v) is 7.30. The van der Waals surface area contributed by atoms with Crippen molar-refractivity contribution in [2.24, 2.45) is 0 Å². The quantitative estimate of drug-likeness (QED) is 0.931. The van der Waals surface area contributed by atoms with Crippen LogP contribution >= 0.6 is 11.3 Å². The molecule has 1 amide bonds. The topological polar surface area (TPSA) is 42.0 Å². The lowest BCUT2D eigenvalue weighted by atomic mass is 10.1. The predicted octanol–water partition coefficient (Wildman–Crippen LogP) is 3.32. The molecule has 1 aromatic carbocycles. The largest absolute Gasteiger partial charge is 0.349 e. The minimum Gasteiger partial charge on any atom is -0.349 e. The van der Waals surface area contributed by atoms with Crippen LogP contribution in [0.4, 0.5) is 0 Å². The fourth-order valence-corrected chi connectivity index (χ4v) is 2.95. The molecule has 0 spiro atoms. The highest BCUT2D eigenvalue weighted by atomic mass is 32.1. The summed E-state index contributed by atoms with van der Waals surface area (Å²) in [4.78, 5) is 17.4. The van der Waals surface area contributed by atoms with E-state index in [0.717, 1.165) is 34.0 Å². The number of benzene rings is 1. The molecule has 2 aromatic rings. The number of rotatable bonds is 3. The predicted molar refractivity (Wildman–Crippen MR) is 77.5 cm³/mol. The maximum absolute atomic E-state index is 12.1. The normalized spacial score (nSPS) is 14.4. The van der Waals surface area contributed by atoms with Crippen molar-refractivity contribution in [3.8, 4) is 10.6 Å². The van der Waals surface area contributed by atoms with Crippen molar-refractivity contribution in [3.05, 3.63) is 40.4 Å². The molecule has 0 aliphatic heterocycles. The van der Waals surface area contributed by atoms with Crippen LogP contribution in [0.5, 0.6) is 0 Å². The molecule has 3 rings (SSSR count). The van der Waals surface area contributed by atoms with Crippen molar-refractivity contribution in [1.82, 2.24) is 10.3 Å². The van der Waals surface area contributed by atoms with E-state index in [-0.39, 0.29) is 5.91 Å². The van der Waals surface area contributed by atoms with E-state index in [4.69, 9.17) is 0 Å². The van der Waals surface area contributed by atoms with Crippen LogP contribution in [-0.2, 0) is 0 Å². The Morgan fingerprint density at radius 2 is 2.16 bits per heavy atom. The molecule has 0 saturated heterocycles. The minimum absolute atomic E-state index is 0.0244. The molecule has 98 valence electrons. The van der Waals surface area contributed by atoms with E-state index in [1.165, 1.54) is 16.9 Å². The third kappa shape index (κ3) is 2.68. The van der Waals surface area contributed by atoms with E-state index in [1.807, 2.05) is 19.1 Å². The van der Waals surface area contributed by atoms with Gasteiger partial charge in [0.1, 0.15) is 9.88 Å². The van der Waals surface area contributed by atoms with Gasteiger partial charge in [-0.2, -0.15) is 0 Å². The molecule has 0 atom stereocenters. The summed E-state index contributed by atoms with van der Waals surface area (Å²) in [7, 11) is 0. The van der Waals surface area contributed by atoms with Gasteiger partial charge < -0.3 is 5.32 Å². The molecule has 1 aliphatic carbocycles. The highest BCUT2D eigenvalue weighted by Crippen LogP contribution is 2.29. The summed E-state index contributed by atoms with van der Waals surface area (Å²) in [6.07, 6.45) is 2.21. The highest BCUT2D eigenvalue weighted by Gasteiger charge is 2.26.